The number of carbonyl (C=O) groups is 2. The SMILES string of the molecule is Cc1noc(C)c1S(=O)(=O)N(C)C[C@H]1OCCCC[C@@H](C)Oc2ccc(NC(=O)c3ccccc3)cc2C(=O)N([C@@H](C)CO)C[C@H]1C. The molecule has 0 unspecified atom stereocenters. The van der Waals surface area contributed by atoms with Crippen LogP contribution in [0.1, 0.15) is 72.2 Å². The summed E-state index contributed by atoms with van der Waals surface area (Å²) < 4.78 is 46.0. The number of sulfonamides is 1. The first kappa shape index (κ1) is 36.1. The van der Waals surface area contributed by atoms with Crippen LogP contribution >= 0.6 is 0 Å². The molecule has 13 heteroatoms. The fraction of sp³-hybridized carbons (Fsp3) is 0.500. The molecule has 0 bridgehead atoms. The van der Waals surface area contributed by atoms with E-state index in [1.54, 1.807) is 68.1 Å². The van der Waals surface area contributed by atoms with Gasteiger partial charge in [-0.2, -0.15) is 4.31 Å². The highest BCUT2D eigenvalue weighted by atomic mass is 32.2. The monoisotopic (exact) mass is 670 g/mol. The molecule has 0 spiro atoms. The van der Waals surface area contributed by atoms with Crippen molar-refractivity contribution in [2.75, 3.05) is 38.7 Å². The van der Waals surface area contributed by atoms with Crippen LogP contribution in [-0.4, -0.2) is 91.3 Å². The largest absolute Gasteiger partial charge is 0.490 e. The summed E-state index contributed by atoms with van der Waals surface area (Å²) in [7, 11) is -2.45. The topological polar surface area (TPSA) is 152 Å². The molecule has 1 aromatic heterocycles. The Morgan fingerprint density at radius 3 is 2.53 bits per heavy atom. The average Bonchev–Trinajstić information content (AvgIpc) is 3.40. The summed E-state index contributed by atoms with van der Waals surface area (Å²) in [5.41, 5.74) is 1.40. The number of aromatic nitrogens is 1. The molecule has 0 fully saturated rings. The quantitative estimate of drug-likeness (QED) is 0.349. The van der Waals surface area contributed by atoms with Gasteiger partial charge < -0.3 is 29.3 Å². The molecule has 2 aromatic carbocycles. The Morgan fingerprint density at radius 2 is 1.87 bits per heavy atom. The van der Waals surface area contributed by atoms with Gasteiger partial charge in [-0.1, -0.05) is 30.3 Å². The number of likely N-dealkylation sites (N-methyl/N-ethyl adjacent to an activating group) is 1. The zero-order chi connectivity index (χ0) is 34.3. The zero-order valence-electron chi connectivity index (χ0n) is 27.9. The Bertz CT molecular complexity index is 1610. The van der Waals surface area contributed by atoms with Crippen molar-refractivity contribution in [3.63, 3.8) is 0 Å². The van der Waals surface area contributed by atoms with Crippen molar-refractivity contribution in [1.29, 1.82) is 0 Å². The molecule has 256 valence electrons. The van der Waals surface area contributed by atoms with E-state index in [0.29, 0.717) is 30.0 Å². The minimum absolute atomic E-state index is 0.0227. The fourth-order valence-electron chi connectivity index (χ4n) is 5.61. The van der Waals surface area contributed by atoms with Crippen molar-refractivity contribution < 1.29 is 37.1 Å². The third kappa shape index (κ3) is 8.78. The van der Waals surface area contributed by atoms with Gasteiger partial charge in [0.1, 0.15) is 16.3 Å². The highest BCUT2D eigenvalue weighted by molar-refractivity contribution is 7.89. The lowest BCUT2D eigenvalue weighted by molar-refractivity contribution is -0.00835. The number of carbonyl (C=O) groups excluding carboxylic acids is 2. The van der Waals surface area contributed by atoms with Crippen LogP contribution in [0.15, 0.2) is 57.9 Å². The van der Waals surface area contributed by atoms with Crippen LogP contribution in [0, 0.1) is 19.8 Å². The van der Waals surface area contributed by atoms with Gasteiger partial charge in [0.25, 0.3) is 11.8 Å². The average molecular weight is 671 g/mol. The minimum Gasteiger partial charge on any atom is -0.490 e. The predicted molar refractivity (Wildman–Crippen MR) is 177 cm³/mol. The molecule has 0 saturated carbocycles. The lowest BCUT2D eigenvalue weighted by atomic mass is 10.0. The van der Waals surface area contributed by atoms with Gasteiger partial charge in [0, 0.05) is 43.9 Å². The normalized spacial score (nSPS) is 20.6. The highest BCUT2D eigenvalue weighted by Gasteiger charge is 2.34. The van der Waals surface area contributed by atoms with Crippen LogP contribution in [0.25, 0.3) is 0 Å². The zero-order valence-corrected chi connectivity index (χ0v) is 28.7. The maximum Gasteiger partial charge on any atom is 0.258 e. The molecule has 2 amide bonds. The Labute approximate surface area is 277 Å². The molecule has 0 aliphatic carbocycles. The van der Waals surface area contributed by atoms with Gasteiger partial charge in [0.05, 0.1) is 30.4 Å². The number of hydrogen-bond donors (Lipinski definition) is 2. The summed E-state index contributed by atoms with van der Waals surface area (Å²) in [5, 5.41) is 16.9. The van der Waals surface area contributed by atoms with E-state index in [9.17, 15) is 23.1 Å². The summed E-state index contributed by atoms with van der Waals surface area (Å²) in [4.78, 5) is 28.8. The number of aliphatic hydroxyl groups excluding tert-OH is 1. The number of aliphatic hydroxyl groups is 1. The summed E-state index contributed by atoms with van der Waals surface area (Å²) >= 11 is 0. The van der Waals surface area contributed by atoms with Crippen LogP contribution in [-0.2, 0) is 14.8 Å². The lowest BCUT2D eigenvalue weighted by Crippen LogP contribution is -2.48. The van der Waals surface area contributed by atoms with Crippen molar-refractivity contribution in [1.82, 2.24) is 14.4 Å². The van der Waals surface area contributed by atoms with Crippen LogP contribution in [0.5, 0.6) is 5.75 Å². The summed E-state index contributed by atoms with van der Waals surface area (Å²) in [6, 6.07) is 13.2. The Hall–Kier alpha value is -3.78. The van der Waals surface area contributed by atoms with E-state index in [1.807, 2.05) is 19.9 Å². The first-order valence-corrected chi connectivity index (χ1v) is 17.4. The molecule has 1 aliphatic rings. The van der Waals surface area contributed by atoms with Crippen molar-refractivity contribution in [2.45, 2.75) is 77.0 Å². The van der Waals surface area contributed by atoms with Crippen molar-refractivity contribution >= 4 is 27.5 Å². The molecule has 47 heavy (non-hydrogen) atoms. The van der Waals surface area contributed by atoms with E-state index in [4.69, 9.17) is 14.0 Å². The highest BCUT2D eigenvalue weighted by Crippen LogP contribution is 2.29. The number of anilines is 1. The van der Waals surface area contributed by atoms with Gasteiger partial charge >= 0.3 is 0 Å². The molecule has 2 N–H and O–H groups in total. The third-order valence-corrected chi connectivity index (χ3v) is 10.5. The van der Waals surface area contributed by atoms with Crippen LogP contribution in [0.2, 0.25) is 0 Å². The second-order valence-electron chi connectivity index (χ2n) is 12.3. The summed E-state index contributed by atoms with van der Waals surface area (Å²) in [6.45, 7) is 8.97. The number of aryl methyl sites for hydroxylation is 2. The van der Waals surface area contributed by atoms with Gasteiger partial charge in [0.2, 0.25) is 10.0 Å². The number of nitrogens with one attached hydrogen (secondary N) is 1. The molecule has 0 saturated heterocycles. The molecule has 4 atom stereocenters. The number of hydrogen-bond acceptors (Lipinski definition) is 9. The lowest BCUT2D eigenvalue weighted by Gasteiger charge is -2.35. The maximum atomic E-state index is 14.3. The van der Waals surface area contributed by atoms with Gasteiger partial charge in [-0.3, -0.25) is 9.59 Å². The second kappa shape index (κ2) is 15.9. The number of nitrogens with zero attached hydrogens (tertiary/aromatic N) is 3. The van der Waals surface area contributed by atoms with Gasteiger partial charge in [0.15, 0.2) is 5.76 Å². The smallest absolute Gasteiger partial charge is 0.258 e. The van der Waals surface area contributed by atoms with Crippen molar-refractivity contribution in [3.05, 3.63) is 71.1 Å². The van der Waals surface area contributed by atoms with E-state index < -0.39 is 28.1 Å². The number of amides is 2. The third-order valence-electron chi connectivity index (χ3n) is 8.42. The first-order valence-electron chi connectivity index (χ1n) is 15.9. The Morgan fingerprint density at radius 1 is 1.15 bits per heavy atom. The molecule has 12 nitrogen and oxygen atoms in total. The number of fused-ring (bicyclic) bond motifs is 1. The van der Waals surface area contributed by atoms with Crippen LogP contribution < -0.4 is 10.1 Å². The Kier molecular flexibility index (Phi) is 12.2. The first-order chi connectivity index (χ1) is 22.3. The molecule has 0 radical (unpaired) electrons. The van der Waals surface area contributed by atoms with Gasteiger partial charge in [-0.15, -0.1) is 0 Å². The standard InChI is InChI=1S/C34H46N4O8S/c1-22-19-38(23(2)21-39)34(41)29-18-28(35-33(40)27-13-8-7-9-14-27)15-16-30(29)45-24(3)12-10-11-17-44-31(22)20-37(6)47(42,43)32-25(4)36-46-26(32)5/h7-9,13-16,18,22-24,31,39H,10-12,17,19-21H2,1-6H3,(H,35,40)/t22-,23+,24-,31-/m1/s1. The van der Waals surface area contributed by atoms with E-state index in [-0.39, 0.29) is 59.5 Å². The van der Waals surface area contributed by atoms with Crippen molar-refractivity contribution in [2.24, 2.45) is 5.92 Å². The molecule has 1 aliphatic heterocycles. The van der Waals surface area contributed by atoms with Crippen molar-refractivity contribution in [3.8, 4) is 5.75 Å². The van der Waals surface area contributed by atoms with E-state index in [1.165, 1.54) is 11.4 Å². The number of ether oxygens (including phenoxy) is 2. The van der Waals surface area contributed by atoms with Crippen LogP contribution in [0.3, 0.4) is 0 Å². The van der Waals surface area contributed by atoms with Gasteiger partial charge in [-0.05, 0) is 77.3 Å². The molecular formula is C34H46N4O8S. The predicted octanol–water partition coefficient (Wildman–Crippen LogP) is 4.66. The summed E-state index contributed by atoms with van der Waals surface area (Å²) in [6.07, 6.45) is 1.41. The van der Waals surface area contributed by atoms with E-state index in [0.717, 1.165) is 12.8 Å². The summed E-state index contributed by atoms with van der Waals surface area (Å²) in [5.74, 6) is -0.486. The molecule has 4 rings (SSSR count). The number of rotatable bonds is 8. The Balaban J connectivity index is 1.66. The maximum absolute atomic E-state index is 14.3. The van der Waals surface area contributed by atoms with Crippen LogP contribution in [0.4, 0.5) is 5.69 Å². The second-order valence-corrected chi connectivity index (χ2v) is 14.3. The molecule has 3 aromatic rings. The minimum atomic E-state index is -3.94. The fourth-order valence-corrected chi connectivity index (χ4v) is 7.07. The molecule has 2 heterocycles. The van der Waals surface area contributed by atoms with Gasteiger partial charge in [-0.25, -0.2) is 8.42 Å². The van der Waals surface area contributed by atoms with E-state index in [2.05, 4.69) is 10.5 Å². The molecular weight excluding hydrogens is 624 g/mol. The van der Waals surface area contributed by atoms with E-state index >= 15 is 0 Å². The number of benzene rings is 2.